The molecule has 0 atom stereocenters. The second kappa shape index (κ2) is 5.73. The molecular formula is C4H12ClN3O2S. The molecule has 0 aliphatic carbocycles. The molecule has 1 heterocycles. The summed E-state index contributed by atoms with van der Waals surface area (Å²) in [5.74, 6) is 0. The van der Waals surface area contributed by atoms with Gasteiger partial charge in [0.1, 0.15) is 0 Å². The summed E-state index contributed by atoms with van der Waals surface area (Å²) in [7, 11) is 0.586. The fourth-order valence-corrected chi connectivity index (χ4v) is 0.604. The van der Waals surface area contributed by atoms with E-state index in [0.717, 1.165) is 26.2 Å². The fraction of sp³-hybridized carbons (Fsp3) is 1.00. The average molecular weight is 202 g/mol. The molecule has 0 aromatic carbocycles. The maximum Gasteiger partial charge on any atom is 0.294 e. The van der Waals surface area contributed by atoms with Gasteiger partial charge in [0.25, 0.3) is 9.24 Å². The van der Waals surface area contributed by atoms with Crippen molar-refractivity contribution in [3.8, 4) is 0 Å². The van der Waals surface area contributed by atoms with E-state index in [9.17, 15) is 8.42 Å². The fourth-order valence-electron chi connectivity index (χ4n) is 0.604. The molecule has 0 amide bonds. The lowest BCUT2D eigenvalue weighted by Gasteiger charge is -2.11. The SMILES string of the molecule is C1CNCCN1.NS(=O)(=O)Cl. The Morgan fingerprint density at radius 3 is 1.36 bits per heavy atom. The van der Waals surface area contributed by atoms with Gasteiger partial charge in [0.15, 0.2) is 0 Å². The van der Waals surface area contributed by atoms with E-state index < -0.39 is 9.24 Å². The van der Waals surface area contributed by atoms with E-state index in [4.69, 9.17) is 0 Å². The molecule has 1 aliphatic heterocycles. The highest BCUT2D eigenvalue weighted by Crippen LogP contribution is 1.77. The van der Waals surface area contributed by atoms with Gasteiger partial charge in [0.2, 0.25) is 0 Å². The number of nitrogens with two attached hydrogens (primary N) is 1. The van der Waals surface area contributed by atoms with Crippen LogP contribution in [-0.4, -0.2) is 34.6 Å². The maximum absolute atomic E-state index is 9.18. The minimum Gasteiger partial charge on any atom is -0.314 e. The van der Waals surface area contributed by atoms with Crippen LogP contribution < -0.4 is 15.8 Å². The van der Waals surface area contributed by atoms with Crippen LogP contribution in [0.1, 0.15) is 0 Å². The van der Waals surface area contributed by atoms with E-state index in [1.807, 2.05) is 0 Å². The first-order valence-electron chi connectivity index (χ1n) is 3.14. The molecule has 68 valence electrons. The Morgan fingerprint density at radius 2 is 1.27 bits per heavy atom. The summed E-state index contributed by atoms with van der Waals surface area (Å²) in [5, 5.41) is 10.5. The molecule has 1 fully saturated rings. The molecule has 0 radical (unpaired) electrons. The van der Waals surface area contributed by atoms with Crippen molar-refractivity contribution in [3.05, 3.63) is 0 Å². The van der Waals surface area contributed by atoms with Gasteiger partial charge in [0, 0.05) is 36.9 Å². The third kappa shape index (κ3) is 17.8. The Labute approximate surface area is 70.8 Å². The summed E-state index contributed by atoms with van der Waals surface area (Å²) in [6, 6.07) is 0. The Balaban J connectivity index is 0.000000187. The zero-order valence-corrected chi connectivity index (χ0v) is 7.58. The molecule has 1 aliphatic rings. The zero-order valence-electron chi connectivity index (χ0n) is 6.01. The standard InChI is InChI=1S/C4H10N2.ClH2NO2S/c1-2-6-4-3-5-1;1-5(2,3)4/h5-6H,1-4H2;(H2,2,3,4). The van der Waals surface area contributed by atoms with Crippen molar-refractivity contribution in [1.82, 2.24) is 10.6 Å². The summed E-state index contributed by atoms with van der Waals surface area (Å²) >= 11 is 0. The average Bonchev–Trinajstić information content (AvgIpc) is 1.88. The van der Waals surface area contributed by atoms with Gasteiger partial charge in [-0.25, -0.2) is 5.14 Å². The number of hydrogen-bond acceptors (Lipinski definition) is 4. The lowest BCUT2D eigenvalue weighted by molar-refractivity contribution is 0.534. The minimum atomic E-state index is -3.69. The summed E-state index contributed by atoms with van der Waals surface area (Å²) in [6.45, 7) is 4.56. The van der Waals surface area contributed by atoms with Gasteiger partial charge in [0.05, 0.1) is 0 Å². The summed E-state index contributed by atoms with van der Waals surface area (Å²) in [4.78, 5) is 0. The Morgan fingerprint density at radius 1 is 1.09 bits per heavy atom. The van der Waals surface area contributed by atoms with E-state index in [1.165, 1.54) is 0 Å². The minimum absolute atomic E-state index is 1.14. The number of piperazine rings is 1. The van der Waals surface area contributed by atoms with E-state index in [2.05, 4.69) is 26.5 Å². The van der Waals surface area contributed by atoms with Gasteiger partial charge in [-0.15, -0.1) is 0 Å². The summed E-state index contributed by atoms with van der Waals surface area (Å²) in [6.07, 6.45) is 0. The first kappa shape index (κ1) is 11.1. The van der Waals surface area contributed by atoms with Gasteiger partial charge in [-0.1, -0.05) is 0 Å². The van der Waals surface area contributed by atoms with Gasteiger partial charge < -0.3 is 10.6 Å². The van der Waals surface area contributed by atoms with Gasteiger partial charge in [-0.05, 0) is 0 Å². The first-order chi connectivity index (χ1) is 5.00. The lowest BCUT2D eigenvalue weighted by Crippen LogP contribution is -2.39. The van der Waals surface area contributed by atoms with Crippen LogP contribution in [-0.2, 0) is 9.24 Å². The smallest absolute Gasteiger partial charge is 0.294 e. The third-order valence-electron chi connectivity index (χ3n) is 0.957. The molecule has 0 aromatic rings. The Kier molecular flexibility index (Phi) is 5.79. The van der Waals surface area contributed by atoms with E-state index in [0.29, 0.717) is 0 Å². The second-order valence-electron chi connectivity index (χ2n) is 1.98. The van der Waals surface area contributed by atoms with Gasteiger partial charge >= 0.3 is 0 Å². The normalized spacial score (nSPS) is 18.4. The van der Waals surface area contributed by atoms with Crippen LogP contribution in [0.2, 0.25) is 0 Å². The quantitative estimate of drug-likeness (QED) is 0.422. The Bertz CT molecular complexity index is 158. The van der Waals surface area contributed by atoms with Crippen LogP contribution in [0, 0.1) is 0 Å². The molecule has 1 saturated heterocycles. The van der Waals surface area contributed by atoms with E-state index in [-0.39, 0.29) is 0 Å². The highest BCUT2D eigenvalue weighted by molar-refractivity contribution is 8.11. The molecule has 0 spiro atoms. The molecule has 0 saturated carbocycles. The van der Waals surface area contributed by atoms with Crippen molar-refractivity contribution < 1.29 is 8.42 Å². The molecule has 0 aromatic heterocycles. The van der Waals surface area contributed by atoms with Crippen LogP contribution in [0.4, 0.5) is 0 Å². The van der Waals surface area contributed by atoms with Crippen LogP contribution in [0.3, 0.4) is 0 Å². The third-order valence-corrected chi connectivity index (χ3v) is 0.957. The van der Waals surface area contributed by atoms with Crippen LogP contribution in [0.5, 0.6) is 0 Å². The molecule has 11 heavy (non-hydrogen) atoms. The molecule has 0 unspecified atom stereocenters. The highest BCUT2D eigenvalue weighted by Gasteiger charge is 1.91. The van der Waals surface area contributed by atoms with Gasteiger partial charge in [-0.3, -0.25) is 0 Å². The zero-order chi connectivity index (χ0) is 8.74. The first-order valence-corrected chi connectivity index (χ1v) is 5.51. The van der Waals surface area contributed by atoms with Crippen LogP contribution in [0.25, 0.3) is 0 Å². The van der Waals surface area contributed by atoms with Crippen molar-refractivity contribution in [3.63, 3.8) is 0 Å². The molecule has 4 N–H and O–H groups in total. The van der Waals surface area contributed by atoms with Crippen LogP contribution in [0.15, 0.2) is 0 Å². The summed E-state index contributed by atoms with van der Waals surface area (Å²) in [5.41, 5.74) is 0. The monoisotopic (exact) mass is 201 g/mol. The largest absolute Gasteiger partial charge is 0.314 e. The number of nitrogens with one attached hydrogen (secondary N) is 2. The summed E-state index contributed by atoms with van der Waals surface area (Å²) < 4.78 is 18.4. The van der Waals surface area contributed by atoms with Gasteiger partial charge in [-0.2, -0.15) is 8.42 Å². The molecule has 5 nitrogen and oxygen atoms in total. The Hall–Kier alpha value is 0.120. The molecule has 7 heteroatoms. The van der Waals surface area contributed by atoms with E-state index in [1.54, 1.807) is 0 Å². The number of rotatable bonds is 0. The van der Waals surface area contributed by atoms with Crippen molar-refractivity contribution in [2.45, 2.75) is 0 Å². The lowest BCUT2D eigenvalue weighted by atomic mass is 10.4. The van der Waals surface area contributed by atoms with E-state index >= 15 is 0 Å². The molecule has 1 rings (SSSR count). The van der Waals surface area contributed by atoms with Crippen molar-refractivity contribution >= 4 is 19.9 Å². The topological polar surface area (TPSA) is 84.2 Å². The van der Waals surface area contributed by atoms with Crippen LogP contribution >= 0.6 is 10.7 Å². The second-order valence-corrected chi connectivity index (χ2v) is 4.22. The predicted octanol–water partition coefficient (Wildman–Crippen LogP) is -1.39. The number of halogens is 1. The molecule has 0 bridgehead atoms. The van der Waals surface area contributed by atoms with Crippen molar-refractivity contribution in [1.29, 1.82) is 0 Å². The highest BCUT2D eigenvalue weighted by atomic mass is 35.7. The van der Waals surface area contributed by atoms with Crippen molar-refractivity contribution in [2.75, 3.05) is 26.2 Å². The maximum atomic E-state index is 9.18. The predicted molar refractivity (Wildman–Crippen MR) is 44.7 cm³/mol. The number of hydrogen-bond donors (Lipinski definition) is 3. The van der Waals surface area contributed by atoms with Crippen molar-refractivity contribution in [2.24, 2.45) is 5.14 Å². The molecular weight excluding hydrogens is 190 g/mol.